The number of hydrogen-bond donors (Lipinski definition) is 3. The summed E-state index contributed by atoms with van der Waals surface area (Å²) in [5.74, 6) is 0. The maximum Gasteiger partial charge on any atom is 0.698 e. The van der Waals surface area contributed by atoms with Gasteiger partial charge in [0.15, 0.2) is 0 Å². The second kappa shape index (κ2) is 4.80. The molecule has 0 saturated heterocycles. The molecule has 0 aliphatic carbocycles. The maximum absolute atomic E-state index is 8.49. The third kappa shape index (κ3) is 4.11. The molecule has 78 valence electrons. The zero-order chi connectivity index (χ0) is 10.6. The van der Waals surface area contributed by atoms with E-state index in [1.165, 1.54) is 0 Å². The van der Waals surface area contributed by atoms with Crippen molar-refractivity contribution in [3.05, 3.63) is 29.8 Å². The summed E-state index contributed by atoms with van der Waals surface area (Å²) < 4.78 is 8.67. The Labute approximate surface area is 84.9 Å². The number of aryl methyl sites for hydroxylation is 1. The van der Waals surface area contributed by atoms with Gasteiger partial charge in [-0.2, -0.15) is 0 Å². The minimum absolute atomic E-state index is 0.991. The van der Waals surface area contributed by atoms with E-state index in [2.05, 4.69) is 9.15 Å². The lowest BCUT2D eigenvalue weighted by atomic mass is 10.2. The lowest BCUT2D eigenvalue weighted by Gasteiger charge is -2.09. The molecule has 0 heterocycles. The van der Waals surface area contributed by atoms with E-state index >= 15 is 0 Å². The molecule has 0 amide bonds. The van der Waals surface area contributed by atoms with Crippen LogP contribution in [0.3, 0.4) is 0 Å². The molecule has 14 heavy (non-hydrogen) atoms. The Hall–Kier alpha value is -0.546. The topological polar surface area (TPSA) is 79.2 Å². The molecule has 0 aromatic heterocycles. The highest BCUT2D eigenvalue weighted by atomic mass is 28.4. The quantitative estimate of drug-likeness (QED) is 0.320. The third-order valence-corrected chi connectivity index (χ3v) is 3.56. The second-order valence-electron chi connectivity index (χ2n) is 2.85. The molecule has 0 unspecified atom stereocenters. The van der Waals surface area contributed by atoms with E-state index in [1.807, 2.05) is 31.2 Å². The van der Waals surface area contributed by atoms with Gasteiger partial charge in [0, 0.05) is 0 Å². The van der Waals surface area contributed by atoms with Crippen LogP contribution in [0.2, 0.25) is 0 Å². The van der Waals surface area contributed by atoms with Crippen LogP contribution in [0.15, 0.2) is 24.3 Å². The van der Waals surface area contributed by atoms with E-state index in [-0.39, 0.29) is 0 Å². The predicted molar refractivity (Wildman–Crippen MR) is 53.9 cm³/mol. The minimum Gasteiger partial charge on any atom is -0.366 e. The zero-order valence-electron chi connectivity index (χ0n) is 7.67. The van der Waals surface area contributed by atoms with E-state index < -0.39 is 18.8 Å². The molecule has 0 atom stereocenters. The number of hydrogen-bond acceptors (Lipinski definition) is 5. The van der Waals surface area contributed by atoms with E-state index in [0.717, 1.165) is 10.8 Å². The van der Waals surface area contributed by atoms with Gasteiger partial charge in [-0.1, -0.05) is 24.3 Å². The summed E-state index contributed by atoms with van der Waals surface area (Å²) in [5, 5.41) is 0.991. The van der Waals surface area contributed by atoms with Gasteiger partial charge in [0.25, 0.3) is 0 Å². The summed E-state index contributed by atoms with van der Waals surface area (Å²) >= 11 is 0. The van der Waals surface area contributed by atoms with Gasteiger partial charge in [-0.25, -0.2) is 4.58 Å². The lowest BCUT2D eigenvalue weighted by molar-refractivity contribution is -0.176. The van der Waals surface area contributed by atoms with E-state index in [0.29, 0.717) is 0 Å². The van der Waals surface area contributed by atoms with Crippen LogP contribution in [0, 0.1) is 6.92 Å². The largest absolute Gasteiger partial charge is 0.698 e. The standard InChI is InChI=1S/C7H12O5Si2/c1-6-4-2-3-5-7(6)13-11-12-14(8,9)10/h2-5,8-10H,13H2,1H3. The highest BCUT2D eigenvalue weighted by Gasteiger charge is 2.32. The van der Waals surface area contributed by atoms with E-state index in [1.54, 1.807) is 0 Å². The molecule has 5 nitrogen and oxygen atoms in total. The van der Waals surface area contributed by atoms with Gasteiger partial charge in [0.1, 0.15) is 0 Å². The summed E-state index contributed by atoms with van der Waals surface area (Å²) in [6.07, 6.45) is 0. The maximum atomic E-state index is 8.49. The SMILES string of the molecule is Cc1ccccc1[SiH2]OO[Si](O)(O)O. The first-order valence-corrected chi connectivity index (χ1v) is 7.05. The molecule has 3 N–H and O–H groups in total. The monoisotopic (exact) mass is 232 g/mol. The highest BCUT2D eigenvalue weighted by Crippen LogP contribution is 1.94. The average molecular weight is 232 g/mol. The molecule has 0 fully saturated rings. The summed E-state index contributed by atoms with van der Waals surface area (Å²) in [5.41, 5.74) is 1.06. The first kappa shape index (κ1) is 11.5. The van der Waals surface area contributed by atoms with Crippen LogP contribution >= 0.6 is 0 Å². The first-order chi connectivity index (χ1) is 6.49. The van der Waals surface area contributed by atoms with Gasteiger partial charge in [0.05, 0.1) is 0 Å². The van der Waals surface area contributed by atoms with Crippen molar-refractivity contribution in [2.24, 2.45) is 0 Å². The Morgan fingerprint density at radius 2 is 1.86 bits per heavy atom. The molecule has 0 spiro atoms. The Bertz CT molecular complexity index is 298. The van der Waals surface area contributed by atoms with Crippen molar-refractivity contribution in [3.8, 4) is 0 Å². The van der Waals surface area contributed by atoms with Crippen LogP contribution in [0.4, 0.5) is 0 Å². The van der Waals surface area contributed by atoms with Crippen LogP contribution in [0.25, 0.3) is 0 Å². The summed E-state index contributed by atoms with van der Waals surface area (Å²) in [4.78, 5) is 25.5. The van der Waals surface area contributed by atoms with Gasteiger partial charge in [-0.15, -0.1) is 0 Å². The minimum atomic E-state index is -4.52. The van der Waals surface area contributed by atoms with Gasteiger partial charge in [-0.05, 0) is 17.7 Å². The highest BCUT2D eigenvalue weighted by molar-refractivity contribution is 6.50. The molecule has 7 heteroatoms. The molecular formula is C7H12O5Si2. The van der Waals surface area contributed by atoms with Crippen molar-refractivity contribution in [3.63, 3.8) is 0 Å². The Morgan fingerprint density at radius 3 is 2.43 bits per heavy atom. The molecule has 0 bridgehead atoms. The van der Waals surface area contributed by atoms with E-state index in [9.17, 15) is 0 Å². The van der Waals surface area contributed by atoms with Gasteiger partial charge in [-0.3, -0.25) is 4.58 Å². The molecule has 1 aromatic rings. The summed E-state index contributed by atoms with van der Waals surface area (Å²) in [6, 6.07) is 7.56. The molecule has 1 rings (SSSR count). The molecule has 0 radical (unpaired) electrons. The fourth-order valence-electron chi connectivity index (χ4n) is 0.944. The molecular weight excluding hydrogens is 220 g/mol. The molecule has 0 aliphatic heterocycles. The second-order valence-corrected chi connectivity index (χ2v) is 5.45. The van der Waals surface area contributed by atoms with Crippen molar-refractivity contribution >= 4 is 24.0 Å². The van der Waals surface area contributed by atoms with Gasteiger partial charge < -0.3 is 14.4 Å². The number of benzene rings is 1. The van der Waals surface area contributed by atoms with E-state index in [4.69, 9.17) is 14.4 Å². The van der Waals surface area contributed by atoms with Crippen molar-refractivity contribution in [1.29, 1.82) is 0 Å². The average Bonchev–Trinajstić information content (AvgIpc) is 2.06. The Morgan fingerprint density at radius 1 is 1.21 bits per heavy atom. The van der Waals surface area contributed by atoms with Crippen LogP contribution in [-0.4, -0.2) is 33.2 Å². The molecule has 0 aliphatic rings. The fourth-order valence-corrected chi connectivity index (χ4v) is 2.52. The van der Waals surface area contributed by atoms with Crippen molar-refractivity contribution < 1.29 is 23.5 Å². The fraction of sp³-hybridized carbons (Fsp3) is 0.143. The lowest BCUT2D eigenvalue weighted by Crippen LogP contribution is -2.40. The van der Waals surface area contributed by atoms with Crippen molar-refractivity contribution in [2.75, 3.05) is 0 Å². The number of rotatable bonds is 4. The molecule has 1 aromatic carbocycles. The Kier molecular flexibility index (Phi) is 3.95. The third-order valence-electron chi connectivity index (χ3n) is 1.65. The Balaban J connectivity index is 2.43. The predicted octanol–water partition coefficient (Wildman–Crippen LogP) is -1.94. The van der Waals surface area contributed by atoms with Crippen LogP contribution in [0.5, 0.6) is 0 Å². The van der Waals surface area contributed by atoms with Crippen molar-refractivity contribution in [2.45, 2.75) is 6.92 Å². The molecule has 0 saturated carbocycles. The van der Waals surface area contributed by atoms with Gasteiger partial charge in [0.2, 0.25) is 9.76 Å². The zero-order valence-corrected chi connectivity index (χ0v) is 10.1. The van der Waals surface area contributed by atoms with Crippen LogP contribution in [0.1, 0.15) is 5.56 Å². The van der Waals surface area contributed by atoms with Crippen molar-refractivity contribution in [1.82, 2.24) is 0 Å². The van der Waals surface area contributed by atoms with Gasteiger partial charge >= 0.3 is 9.05 Å². The summed E-state index contributed by atoms with van der Waals surface area (Å²) in [7, 11) is -5.70. The smallest absolute Gasteiger partial charge is 0.366 e. The first-order valence-electron chi connectivity index (χ1n) is 4.01. The normalized spacial score (nSPS) is 12.6. The van der Waals surface area contributed by atoms with Crippen LogP contribution in [-0.2, 0) is 9.15 Å². The summed E-state index contributed by atoms with van der Waals surface area (Å²) in [6.45, 7) is 1.92. The van der Waals surface area contributed by atoms with Crippen LogP contribution < -0.4 is 5.19 Å².